The third-order valence-corrected chi connectivity index (χ3v) is 3.61. The van der Waals surface area contributed by atoms with Crippen LogP contribution in [0.1, 0.15) is 26.7 Å². The summed E-state index contributed by atoms with van der Waals surface area (Å²) in [7, 11) is 0. The minimum atomic E-state index is -0.463. The van der Waals surface area contributed by atoms with Gasteiger partial charge < -0.3 is 15.4 Å². The second kappa shape index (κ2) is 5.95. The number of carbonyl (C=O) groups excluding carboxylic acids is 1. The number of likely N-dealkylation sites (tertiary alicyclic amines) is 1. The molecular formula is C15H22N2O2. The first-order valence-electron chi connectivity index (χ1n) is 6.87. The predicted octanol–water partition coefficient (Wildman–Crippen LogP) is 2.29. The number of hydrogen-bond acceptors (Lipinski definition) is 3. The molecule has 1 aromatic rings. The molecule has 104 valence electrons. The van der Waals surface area contributed by atoms with Gasteiger partial charge in [0.25, 0.3) is 5.91 Å². The van der Waals surface area contributed by atoms with Crippen LogP contribution >= 0.6 is 0 Å². The lowest BCUT2D eigenvalue weighted by Gasteiger charge is -2.32. The molecule has 0 bridgehead atoms. The molecule has 1 saturated heterocycles. The third kappa shape index (κ3) is 3.63. The average Bonchev–Trinajstić information content (AvgIpc) is 2.39. The van der Waals surface area contributed by atoms with Crippen molar-refractivity contribution in [1.82, 2.24) is 4.90 Å². The van der Waals surface area contributed by atoms with Crippen molar-refractivity contribution >= 4 is 11.6 Å². The number of hydrogen-bond donors (Lipinski definition) is 1. The molecule has 1 aromatic carbocycles. The highest BCUT2D eigenvalue weighted by Crippen LogP contribution is 2.19. The van der Waals surface area contributed by atoms with Gasteiger partial charge in [0.15, 0.2) is 6.10 Å². The van der Waals surface area contributed by atoms with Gasteiger partial charge in [0.1, 0.15) is 5.75 Å². The van der Waals surface area contributed by atoms with E-state index in [1.54, 1.807) is 19.1 Å². The number of nitrogens with zero attached hydrogens (tertiary/aromatic N) is 1. The van der Waals surface area contributed by atoms with Crippen molar-refractivity contribution in [3.05, 3.63) is 24.3 Å². The molecule has 4 heteroatoms. The average molecular weight is 262 g/mol. The van der Waals surface area contributed by atoms with Gasteiger partial charge in [-0.3, -0.25) is 4.79 Å². The quantitative estimate of drug-likeness (QED) is 0.850. The number of nitrogens with two attached hydrogens (primary N) is 1. The Morgan fingerprint density at radius 2 is 2.11 bits per heavy atom. The minimum absolute atomic E-state index is 0.0642. The van der Waals surface area contributed by atoms with Crippen LogP contribution in [0.25, 0.3) is 0 Å². The van der Waals surface area contributed by atoms with E-state index in [1.807, 2.05) is 17.0 Å². The summed E-state index contributed by atoms with van der Waals surface area (Å²) >= 11 is 0. The Hall–Kier alpha value is -1.71. The highest BCUT2D eigenvalue weighted by Gasteiger charge is 2.25. The van der Waals surface area contributed by atoms with Crippen LogP contribution in [-0.2, 0) is 4.79 Å². The number of benzene rings is 1. The van der Waals surface area contributed by atoms with Crippen LogP contribution in [0.4, 0.5) is 5.69 Å². The lowest BCUT2D eigenvalue weighted by Crippen LogP contribution is -2.44. The largest absolute Gasteiger partial charge is 0.481 e. The molecule has 1 heterocycles. The smallest absolute Gasteiger partial charge is 0.263 e. The highest BCUT2D eigenvalue weighted by molar-refractivity contribution is 5.81. The fourth-order valence-corrected chi connectivity index (χ4v) is 2.33. The number of anilines is 1. The Kier molecular flexibility index (Phi) is 4.30. The Morgan fingerprint density at radius 3 is 2.74 bits per heavy atom. The third-order valence-electron chi connectivity index (χ3n) is 3.61. The molecule has 0 unspecified atom stereocenters. The zero-order valence-corrected chi connectivity index (χ0v) is 11.6. The van der Waals surface area contributed by atoms with Crippen molar-refractivity contribution in [3.63, 3.8) is 0 Å². The maximum atomic E-state index is 12.3. The number of ether oxygens (including phenoxy) is 1. The fourth-order valence-electron chi connectivity index (χ4n) is 2.33. The molecule has 1 amide bonds. The van der Waals surface area contributed by atoms with Gasteiger partial charge in [-0.2, -0.15) is 0 Å². The first-order valence-corrected chi connectivity index (χ1v) is 6.87. The molecule has 2 N–H and O–H groups in total. The zero-order chi connectivity index (χ0) is 13.8. The fraction of sp³-hybridized carbons (Fsp3) is 0.533. The van der Waals surface area contributed by atoms with Crippen LogP contribution in [0.2, 0.25) is 0 Å². The maximum Gasteiger partial charge on any atom is 0.263 e. The highest BCUT2D eigenvalue weighted by atomic mass is 16.5. The SMILES string of the molecule is CC1CCN(C(=O)[C@H](C)Oc2cccc(N)c2)CC1. The second-order valence-electron chi connectivity index (χ2n) is 5.34. The molecule has 1 aliphatic heterocycles. The van der Waals surface area contributed by atoms with Crippen molar-refractivity contribution < 1.29 is 9.53 Å². The number of carbonyl (C=O) groups is 1. The minimum Gasteiger partial charge on any atom is -0.481 e. The first-order chi connectivity index (χ1) is 9.06. The summed E-state index contributed by atoms with van der Waals surface area (Å²) in [5.41, 5.74) is 6.34. The van der Waals surface area contributed by atoms with Gasteiger partial charge in [-0.05, 0) is 37.8 Å². The summed E-state index contributed by atoms with van der Waals surface area (Å²) in [6.45, 7) is 5.70. The number of nitrogen functional groups attached to an aromatic ring is 1. The monoisotopic (exact) mass is 262 g/mol. The van der Waals surface area contributed by atoms with Gasteiger partial charge in [-0.25, -0.2) is 0 Å². The van der Waals surface area contributed by atoms with E-state index in [0.717, 1.165) is 25.9 Å². The van der Waals surface area contributed by atoms with Crippen LogP contribution in [0, 0.1) is 5.92 Å². The summed E-state index contributed by atoms with van der Waals surface area (Å²) < 4.78 is 5.67. The summed E-state index contributed by atoms with van der Waals surface area (Å²) in [6, 6.07) is 7.18. The molecule has 4 nitrogen and oxygen atoms in total. The van der Waals surface area contributed by atoms with E-state index in [1.165, 1.54) is 0 Å². The first kappa shape index (κ1) is 13.7. The Balaban J connectivity index is 1.92. The summed E-state index contributed by atoms with van der Waals surface area (Å²) in [6.07, 6.45) is 1.70. The normalized spacial score (nSPS) is 18.1. The molecular weight excluding hydrogens is 240 g/mol. The topological polar surface area (TPSA) is 55.6 Å². The maximum absolute atomic E-state index is 12.3. The van der Waals surface area contributed by atoms with Crippen LogP contribution < -0.4 is 10.5 Å². The Bertz CT molecular complexity index is 440. The standard InChI is InChI=1S/C15H22N2O2/c1-11-6-8-17(9-7-11)15(18)12(2)19-14-5-3-4-13(16)10-14/h3-5,10-12H,6-9,16H2,1-2H3/t12-/m0/s1. The molecule has 1 aliphatic rings. The van der Waals surface area contributed by atoms with Crippen molar-refractivity contribution in [3.8, 4) is 5.75 Å². The van der Waals surface area contributed by atoms with E-state index in [4.69, 9.17) is 10.5 Å². The van der Waals surface area contributed by atoms with E-state index in [9.17, 15) is 4.79 Å². The van der Waals surface area contributed by atoms with Gasteiger partial charge in [0, 0.05) is 24.8 Å². The molecule has 0 aliphatic carbocycles. The van der Waals surface area contributed by atoms with Crippen LogP contribution in [0.3, 0.4) is 0 Å². The number of piperidine rings is 1. The lowest BCUT2D eigenvalue weighted by atomic mass is 9.99. The molecule has 1 atom stereocenters. The Labute approximate surface area is 114 Å². The van der Waals surface area contributed by atoms with Crippen molar-refractivity contribution in [2.45, 2.75) is 32.8 Å². The van der Waals surface area contributed by atoms with E-state index in [-0.39, 0.29) is 5.91 Å². The van der Waals surface area contributed by atoms with Gasteiger partial charge in [0.05, 0.1) is 0 Å². The number of amides is 1. The zero-order valence-electron chi connectivity index (χ0n) is 11.6. The summed E-state index contributed by atoms with van der Waals surface area (Å²) in [5, 5.41) is 0. The van der Waals surface area contributed by atoms with E-state index < -0.39 is 6.10 Å². The van der Waals surface area contributed by atoms with Crippen LogP contribution in [-0.4, -0.2) is 30.0 Å². The molecule has 19 heavy (non-hydrogen) atoms. The summed E-state index contributed by atoms with van der Waals surface area (Å²) in [4.78, 5) is 14.2. The second-order valence-corrected chi connectivity index (χ2v) is 5.34. The van der Waals surface area contributed by atoms with Crippen molar-refractivity contribution in [2.75, 3.05) is 18.8 Å². The molecule has 0 spiro atoms. The van der Waals surface area contributed by atoms with Crippen molar-refractivity contribution in [1.29, 1.82) is 0 Å². The van der Waals surface area contributed by atoms with Crippen molar-refractivity contribution in [2.24, 2.45) is 5.92 Å². The van der Waals surface area contributed by atoms with Gasteiger partial charge in [0.2, 0.25) is 0 Å². The molecule has 0 aromatic heterocycles. The van der Waals surface area contributed by atoms with Gasteiger partial charge >= 0.3 is 0 Å². The van der Waals surface area contributed by atoms with E-state index in [2.05, 4.69) is 6.92 Å². The van der Waals surface area contributed by atoms with Crippen LogP contribution in [0.15, 0.2) is 24.3 Å². The lowest BCUT2D eigenvalue weighted by molar-refractivity contribution is -0.139. The predicted molar refractivity (Wildman–Crippen MR) is 75.9 cm³/mol. The van der Waals surface area contributed by atoms with Crippen LogP contribution in [0.5, 0.6) is 5.75 Å². The van der Waals surface area contributed by atoms with E-state index >= 15 is 0 Å². The number of rotatable bonds is 3. The molecule has 0 radical (unpaired) electrons. The molecule has 1 fully saturated rings. The van der Waals surface area contributed by atoms with Gasteiger partial charge in [-0.15, -0.1) is 0 Å². The van der Waals surface area contributed by atoms with Gasteiger partial charge in [-0.1, -0.05) is 13.0 Å². The molecule has 0 saturated carbocycles. The Morgan fingerprint density at radius 1 is 1.42 bits per heavy atom. The molecule has 2 rings (SSSR count). The summed E-state index contributed by atoms with van der Waals surface area (Å²) in [5.74, 6) is 1.43. The van der Waals surface area contributed by atoms with E-state index in [0.29, 0.717) is 17.4 Å².